The normalized spacial score (nSPS) is 13.9. The average molecular weight is 742 g/mol. The van der Waals surface area contributed by atoms with E-state index >= 15 is 0 Å². The summed E-state index contributed by atoms with van der Waals surface area (Å²) in [5.74, 6) is 2.30. The van der Waals surface area contributed by atoms with Gasteiger partial charge in [-0.2, -0.15) is 0 Å². The third-order valence-electron chi connectivity index (χ3n) is 12.3. The first-order valence-corrected chi connectivity index (χ1v) is 20.0. The zero-order valence-electron chi connectivity index (χ0n) is 31.6. The van der Waals surface area contributed by atoms with Crippen molar-refractivity contribution in [2.45, 2.75) is 18.3 Å². The van der Waals surface area contributed by atoms with Crippen LogP contribution in [-0.2, 0) is 11.8 Å². The number of fused-ring (bicyclic) bond motifs is 11. The minimum Gasteiger partial charge on any atom is -0.455 e. The van der Waals surface area contributed by atoms with Crippen LogP contribution in [0.3, 0.4) is 0 Å². The number of ether oxygens (including phenoxy) is 1. The van der Waals surface area contributed by atoms with Gasteiger partial charge in [-0.3, -0.25) is 4.98 Å². The van der Waals surface area contributed by atoms with Crippen molar-refractivity contribution in [2.24, 2.45) is 0 Å². The van der Waals surface area contributed by atoms with Crippen LogP contribution < -0.4 is 4.74 Å². The molecule has 0 fully saturated rings. The molecule has 0 radical (unpaired) electrons. The van der Waals surface area contributed by atoms with Crippen molar-refractivity contribution >= 4 is 17.0 Å². The molecular formula is C54H35N3O. The molecule has 7 aromatic carbocycles. The maximum atomic E-state index is 7.50. The molecule has 9 aromatic rings. The molecule has 2 aromatic heterocycles. The summed E-state index contributed by atoms with van der Waals surface area (Å²) < 4.78 is 7.50. The number of para-hydroxylation sites is 3. The predicted molar refractivity (Wildman–Crippen MR) is 234 cm³/mol. The Balaban J connectivity index is 1.17. The molecule has 3 heterocycles. The summed E-state index contributed by atoms with van der Waals surface area (Å²) in [5, 5.41) is 1.08. The van der Waals surface area contributed by atoms with Crippen LogP contribution in [0.1, 0.15) is 39.8 Å². The number of benzene rings is 7. The molecular weight excluding hydrogens is 707 g/mol. The highest BCUT2D eigenvalue weighted by molar-refractivity contribution is 5.98. The monoisotopic (exact) mass is 741 g/mol. The number of nitrogens with zero attached hydrogens (tertiary/aromatic N) is 3. The predicted octanol–water partition coefficient (Wildman–Crippen LogP) is 13.1. The van der Waals surface area contributed by atoms with Gasteiger partial charge in [0.1, 0.15) is 11.5 Å². The van der Waals surface area contributed by atoms with E-state index in [2.05, 4.69) is 158 Å². The van der Waals surface area contributed by atoms with Crippen LogP contribution in [0, 0.1) is 0 Å². The van der Waals surface area contributed by atoms with E-state index in [0.717, 1.165) is 85.6 Å². The second-order valence-electron chi connectivity index (χ2n) is 15.3. The SMILES string of the molecule is C1=Cc2cccc(-c3cc(-c4cccc5c4Oc4c(-c6cccc7cccnc67)cccc4C54c5ccccc5-c5ccccc54)nc(-c4ccccc4)n3)c2CC1. The smallest absolute Gasteiger partial charge is 0.160 e. The van der Waals surface area contributed by atoms with Gasteiger partial charge in [-0.05, 0) is 64.4 Å². The molecule has 272 valence electrons. The van der Waals surface area contributed by atoms with E-state index in [1.165, 1.54) is 33.4 Å². The van der Waals surface area contributed by atoms with Crippen LogP contribution >= 0.6 is 0 Å². The van der Waals surface area contributed by atoms with Gasteiger partial charge in [0, 0.05) is 50.5 Å². The zero-order chi connectivity index (χ0) is 38.2. The third-order valence-corrected chi connectivity index (χ3v) is 12.3. The van der Waals surface area contributed by atoms with Crippen LogP contribution in [0.15, 0.2) is 182 Å². The zero-order valence-corrected chi connectivity index (χ0v) is 31.6. The van der Waals surface area contributed by atoms with Gasteiger partial charge in [-0.1, -0.05) is 164 Å². The van der Waals surface area contributed by atoms with Crippen LogP contribution in [0.5, 0.6) is 11.5 Å². The molecule has 1 spiro atoms. The first kappa shape index (κ1) is 32.8. The molecule has 2 aliphatic carbocycles. The van der Waals surface area contributed by atoms with Gasteiger partial charge < -0.3 is 4.74 Å². The lowest BCUT2D eigenvalue weighted by Crippen LogP contribution is -2.32. The Kier molecular flexibility index (Phi) is 7.24. The van der Waals surface area contributed by atoms with Crippen LogP contribution in [-0.4, -0.2) is 15.0 Å². The molecule has 4 heteroatoms. The highest BCUT2D eigenvalue weighted by Crippen LogP contribution is 2.64. The quantitative estimate of drug-likeness (QED) is 0.180. The number of aromatic nitrogens is 3. The lowest BCUT2D eigenvalue weighted by atomic mass is 9.65. The van der Waals surface area contributed by atoms with Gasteiger partial charge in [-0.15, -0.1) is 0 Å². The Hall–Kier alpha value is -7.43. The number of hydrogen-bond donors (Lipinski definition) is 0. The fourth-order valence-corrected chi connectivity index (χ4v) is 9.84. The third kappa shape index (κ3) is 4.72. The number of rotatable bonds is 4. The molecule has 0 atom stereocenters. The molecule has 0 bridgehead atoms. The fourth-order valence-electron chi connectivity index (χ4n) is 9.84. The molecule has 0 saturated heterocycles. The van der Waals surface area contributed by atoms with Crippen molar-refractivity contribution in [3.05, 3.63) is 216 Å². The van der Waals surface area contributed by atoms with Crippen molar-refractivity contribution in [1.82, 2.24) is 15.0 Å². The van der Waals surface area contributed by atoms with Crippen molar-refractivity contribution < 1.29 is 4.74 Å². The summed E-state index contributed by atoms with van der Waals surface area (Å²) >= 11 is 0. The van der Waals surface area contributed by atoms with Gasteiger partial charge in [-0.25, -0.2) is 9.97 Å². The van der Waals surface area contributed by atoms with Crippen LogP contribution in [0.4, 0.5) is 0 Å². The molecule has 0 N–H and O–H groups in total. The van der Waals surface area contributed by atoms with E-state index in [0.29, 0.717) is 5.82 Å². The van der Waals surface area contributed by atoms with E-state index in [9.17, 15) is 0 Å². The van der Waals surface area contributed by atoms with Gasteiger partial charge in [0.15, 0.2) is 5.82 Å². The van der Waals surface area contributed by atoms with Crippen molar-refractivity contribution in [3.63, 3.8) is 0 Å². The molecule has 4 nitrogen and oxygen atoms in total. The number of allylic oxidation sites excluding steroid dienone is 1. The average Bonchev–Trinajstić information content (AvgIpc) is 3.59. The van der Waals surface area contributed by atoms with Crippen LogP contribution in [0.2, 0.25) is 0 Å². The van der Waals surface area contributed by atoms with E-state index in [-0.39, 0.29) is 0 Å². The highest BCUT2D eigenvalue weighted by atomic mass is 16.5. The molecule has 0 unspecified atom stereocenters. The molecule has 58 heavy (non-hydrogen) atoms. The Morgan fingerprint density at radius 3 is 1.86 bits per heavy atom. The second-order valence-corrected chi connectivity index (χ2v) is 15.3. The number of pyridine rings is 1. The fraction of sp³-hybridized carbons (Fsp3) is 0.0556. The van der Waals surface area contributed by atoms with Crippen molar-refractivity contribution in [1.29, 1.82) is 0 Å². The Morgan fingerprint density at radius 2 is 1.07 bits per heavy atom. The summed E-state index contributed by atoms with van der Waals surface area (Å²) in [7, 11) is 0. The minimum atomic E-state index is -0.664. The van der Waals surface area contributed by atoms with Gasteiger partial charge in [0.2, 0.25) is 0 Å². The Morgan fingerprint density at radius 1 is 0.483 bits per heavy atom. The Bertz CT molecular complexity index is 3110. The summed E-state index contributed by atoms with van der Waals surface area (Å²) in [4.78, 5) is 15.6. The molecule has 12 rings (SSSR count). The molecule has 1 aliphatic heterocycles. The van der Waals surface area contributed by atoms with Crippen LogP contribution in [0.25, 0.3) is 73.1 Å². The van der Waals surface area contributed by atoms with E-state index < -0.39 is 5.41 Å². The van der Waals surface area contributed by atoms with Gasteiger partial charge >= 0.3 is 0 Å². The summed E-state index contributed by atoms with van der Waals surface area (Å²) in [6.45, 7) is 0. The maximum Gasteiger partial charge on any atom is 0.160 e. The van der Waals surface area contributed by atoms with Crippen molar-refractivity contribution in [3.8, 4) is 67.7 Å². The first-order chi connectivity index (χ1) is 28.8. The largest absolute Gasteiger partial charge is 0.455 e. The van der Waals surface area contributed by atoms with E-state index in [1.807, 2.05) is 30.5 Å². The second kappa shape index (κ2) is 12.8. The lowest BCUT2D eigenvalue weighted by Gasteiger charge is -2.40. The molecule has 0 saturated carbocycles. The summed E-state index contributed by atoms with van der Waals surface area (Å²) in [6.07, 6.45) is 8.34. The first-order valence-electron chi connectivity index (χ1n) is 20.0. The highest BCUT2D eigenvalue weighted by Gasteiger charge is 2.52. The van der Waals surface area contributed by atoms with Gasteiger partial charge in [0.25, 0.3) is 0 Å². The van der Waals surface area contributed by atoms with Gasteiger partial charge in [0.05, 0.1) is 22.3 Å². The van der Waals surface area contributed by atoms with Crippen molar-refractivity contribution in [2.75, 3.05) is 0 Å². The summed E-state index contributed by atoms with van der Waals surface area (Å²) in [5.41, 5.74) is 16.8. The Labute approximate surface area is 336 Å². The summed E-state index contributed by atoms with van der Waals surface area (Å²) in [6, 6.07) is 60.5. The lowest BCUT2D eigenvalue weighted by molar-refractivity contribution is 0.439. The standard InChI is InChI=1S/C54H35N3O/c1-2-16-36(17-3-1)53-56-48(40-24-10-18-34-15-4-5-21-37(34)40)33-49(57-53)43-27-13-31-47-52(43)58-51-42(41-25-11-19-35-20-14-32-55-50(35)41)26-12-30-46(51)54(47)44-28-8-6-22-38(44)39-23-7-9-29-45(39)54/h1-4,6-20,22-33H,5,21H2. The van der Waals surface area contributed by atoms with E-state index in [4.69, 9.17) is 19.7 Å². The maximum absolute atomic E-state index is 7.50. The molecule has 0 amide bonds. The van der Waals surface area contributed by atoms with E-state index in [1.54, 1.807) is 0 Å². The topological polar surface area (TPSA) is 47.9 Å². The minimum absolute atomic E-state index is 0.664. The molecule has 3 aliphatic rings. The number of hydrogen-bond acceptors (Lipinski definition) is 4.